The van der Waals surface area contributed by atoms with Crippen molar-refractivity contribution in [2.45, 2.75) is 6.54 Å². The lowest BCUT2D eigenvalue weighted by Gasteiger charge is -2.18. The SMILES string of the molecule is CN(CCn1cnnn1)Oc1cc(-c2cnc(N)nc2)ccc1C#N. The lowest BCUT2D eigenvalue weighted by atomic mass is 10.1. The molecule has 126 valence electrons. The summed E-state index contributed by atoms with van der Waals surface area (Å²) < 4.78 is 1.59. The molecule has 0 amide bonds. The van der Waals surface area contributed by atoms with Gasteiger partial charge in [0.15, 0.2) is 5.75 Å². The van der Waals surface area contributed by atoms with E-state index in [-0.39, 0.29) is 5.95 Å². The first kappa shape index (κ1) is 16.3. The van der Waals surface area contributed by atoms with Gasteiger partial charge in [-0.15, -0.1) is 10.2 Å². The zero-order chi connectivity index (χ0) is 17.6. The van der Waals surface area contributed by atoms with E-state index >= 15 is 0 Å². The number of nitrogens with zero attached hydrogens (tertiary/aromatic N) is 8. The number of hydroxylamine groups is 2. The van der Waals surface area contributed by atoms with Gasteiger partial charge in [-0.2, -0.15) is 5.26 Å². The van der Waals surface area contributed by atoms with E-state index in [1.165, 1.54) is 6.33 Å². The van der Waals surface area contributed by atoms with Gasteiger partial charge in [-0.1, -0.05) is 6.07 Å². The maximum absolute atomic E-state index is 9.29. The van der Waals surface area contributed by atoms with E-state index in [9.17, 15) is 5.26 Å². The van der Waals surface area contributed by atoms with Crippen LogP contribution in [-0.2, 0) is 6.54 Å². The summed E-state index contributed by atoms with van der Waals surface area (Å²) in [6.45, 7) is 1.09. The molecule has 10 nitrogen and oxygen atoms in total. The van der Waals surface area contributed by atoms with Gasteiger partial charge in [0, 0.05) is 25.0 Å². The fourth-order valence-corrected chi connectivity index (χ4v) is 2.10. The third-order valence-corrected chi connectivity index (χ3v) is 3.40. The fourth-order valence-electron chi connectivity index (χ4n) is 2.10. The molecule has 0 unspecified atom stereocenters. The van der Waals surface area contributed by atoms with E-state index < -0.39 is 0 Å². The fraction of sp³-hybridized carbons (Fsp3) is 0.200. The Morgan fingerprint density at radius 1 is 1.28 bits per heavy atom. The van der Waals surface area contributed by atoms with Crippen molar-refractivity contribution in [2.24, 2.45) is 0 Å². The van der Waals surface area contributed by atoms with Crippen molar-refractivity contribution in [3.8, 4) is 22.9 Å². The molecular formula is C15H15N9O. The molecule has 2 aromatic heterocycles. The van der Waals surface area contributed by atoms with E-state index in [0.29, 0.717) is 24.4 Å². The van der Waals surface area contributed by atoms with Crippen LogP contribution < -0.4 is 10.6 Å². The molecule has 10 heteroatoms. The molecule has 0 saturated carbocycles. The van der Waals surface area contributed by atoms with Gasteiger partial charge in [-0.3, -0.25) is 0 Å². The predicted octanol–water partition coefficient (Wildman–Crippen LogP) is 0.510. The minimum Gasteiger partial charge on any atom is -0.405 e. The standard InChI is InChI=1S/C15H15N9O/c1-23(4-5-24-10-20-21-22-24)25-14-6-11(2-3-12(14)7-16)13-8-18-15(17)19-9-13/h2-3,6,8-10H,4-5H2,1H3,(H2,17,18,19). The monoisotopic (exact) mass is 337 g/mol. The summed E-state index contributed by atoms with van der Waals surface area (Å²) in [5, 5.41) is 21.8. The third-order valence-electron chi connectivity index (χ3n) is 3.40. The normalized spacial score (nSPS) is 10.6. The molecule has 1 aromatic carbocycles. The van der Waals surface area contributed by atoms with Crippen LogP contribution >= 0.6 is 0 Å². The van der Waals surface area contributed by atoms with Crippen LogP contribution in [0.15, 0.2) is 36.9 Å². The summed E-state index contributed by atoms with van der Waals surface area (Å²) in [5.74, 6) is 0.646. The van der Waals surface area contributed by atoms with Crippen molar-refractivity contribution < 1.29 is 4.84 Å². The summed E-state index contributed by atoms with van der Waals surface area (Å²) in [6, 6.07) is 7.38. The zero-order valence-electron chi connectivity index (χ0n) is 13.4. The molecular weight excluding hydrogens is 322 g/mol. The number of hydrogen-bond donors (Lipinski definition) is 1. The Kier molecular flexibility index (Phi) is 4.77. The number of likely N-dealkylation sites (N-methyl/N-ethyl adjacent to an activating group) is 1. The number of nitrogens with two attached hydrogens (primary N) is 1. The molecule has 3 rings (SSSR count). The van der Waals surface area contributed by atoms with E-state index in [4.69, 9.17) is 10.6 Å². The summed E-state index contributed by atoms with van der Waals surface area (Å²) in [7, 11) is 1.77. The molecule has 0 atom stereocenters. The Balaban J connectivity index is 1.75. The van der Waals surface area contributed by atoms with Crippen molar-refractivity contribution in [1.82, 2.24) is 35.2 Å². The van der Waals surface area contributed by atoms with Crippen LogP contribution in [0.1, 0.15) is 5.56 Å². The molecule has 0 spiro atoms. The largest absolute Gasteiger partial charge is 0.405 e. The van der Waals surface area contributed by atoms with Gasteiger partial charge in [0.1, 0.15) is 12.4 Å². The average molecular weight is 337 g/mol. The summed E-state index contributed by atoms with van der Waals surface area (Å²) in [6.07, 6.45) is 4.76. The van der Waals surface area contributed by atoms with Crippen LogP contribution in [0.2, 0.25) is 0 Å². The number of benzene rings is 1. The van der Waals surface area contributed by atoms with Gasteiger partial charge in [0.05, 0.1) is 18.7 Å². The Labute approximate surface area is 143 Å². The van der Waals surface area contributed by atoms with Crippen molar-refractivity contribution in [1.29, 1.82) is 5.26 Å². The maximum atomic E-state index is 9.29. The molecule has 2 N–H and O–H groups in total. The first-order valence-electron chi connectivity index (χ1n) is 7.37. The lowest BCUT2D eigenvalue weighted by Crippen LogP contribution is -2.27. The highest BCUT2D eigenvalue weighted by Gasteiger charge is 2.10. The average Bonchev–Trinajstić information content (AvgIpc) is 3.14. The minimum atomic E-state index is 0.205. The molecule has 0 saturated heterocycles. The number of hydrogen-bond acceptors (Lipinski definition) is 9. The molecule has 0 fully saturated rings. The van der Waals surface area contributed by atoms with Gasteiger partial charge in [0.2, 0.25) is 5.95 Å². The molecule has 3 aromatic rings. The molecule has 0 aliphatic rings. The van der Waals surface area contributed by atoms with E-state index in [1.54, 1.807) is 47.4 Å². The highest BCUT2D eigenvalue weighted by molar-refractivity contribution is 5.66. The highest BCUT2D eigenvalue weighted by atomic mass is 16.7. The van der Waals surface area contributed by atoms with Gasteiger partial charge < -0.3 is 10.6 Å². The zero-order valence-corrected chi connectivity index (χ0v) is 13.4. The maximum Gasteiger partial charge on any atom is 0.219 e. The van der Waals surface area contributed by atoms with Crippen LogP contribution in [0, 0.1) is 11.3 Å². The van der Waals surface area contributed by atoms with Gasteiger partial charge in [-0.25, -0.2) is 14.6 Å². The number of tetrazole rings is 1. The van der Waals surface area contributed by atoms with E-state index in [2.05, 4.69) is 31.6 Å². The Bertz CT molecular complexity index is 871. The van der Waals surface area contributed by atoms with E-state index in [1.807, 2.05) is 0 Å². The Hall–Kier alpha value is -3.58. The molecule has 0 aliphatic carbocycles. The smallest absolute Gasteiger partial charge is 0.219 e. The van der Waals surface area contributed by atoms with Gasteiger partial charge in [0.25, 0.3) is 0 Å². The minimum absolute atomic E-state index is 0.205. The van der Waals surface area contributed by atoms with Crippen molar-refractivity contribution in [3.05, 3.63) is 42.5 Å². The number of rotatable bonds is 6. The second kappa shape index (κ2) is 7.33. The number of anilines is 1. The van der Waals surface area contributed by atoms with Gasteiger partial charge in [-0.05, 0) is 28.1 Å². The Morgan fingerprint density at radius 2 is 2.08 bits per heavy atom. The van der Waals surface area contributed by atoms with Crippen LogP contribution in [0.4, 0.5) is 5.95 Å². The predicted molar refractivity (Wildman–Crippen MR) is 87.7 cm³/mol. The quantitative estimate of drug-likeness (QED) is 0.639. The van der Waals surface area contributed by atoms with Crippen molar-refractivity contribution in [3.63, 3.8) is 0 Å². The molecule has 0 bridgehead atoms. The third kappa shape index (κ3) is 4.04. The number of aromatic nitrogens is 6. The van der Waals surface area contributed by atoms with Gasteiger partial charge >= 0.3 is 0 Å². The second-order valence-electron chi connectivity index (χ2n) is 5.17. The first-order chi connectivity index (χ1) is 12.2. The van der Waals surface area contributed by atoms with Crippen LogP contribution in [0.3, 0.4) is 0 Å². The van der Waals surface area contributed by atoms with Crippen molar-refractivity contribution in [2.75, 3.05) is 19.3 Å². The van der Waals surface area contributed by atoms with E-state index in [0.717, 1.165) is 11.1 Å². The summed E-state index contributed by atoms with van der Waals surface area (Å²) in [5.41, 5.74) is 7.53. The van der Waals surface area contributed by atoms with Crippen LogP contribution in [-0.4, -0.2) is 48.8 Å². The van der Waals surface area contributed by atoms with Crippen LogP contribution in [0.5, 0.6) is 5.75 Å². The second-order valence-corrected chi connectivity index (χ2v) is 5.17. The summed E-state index contributed by atoms with van der Waals surface area (Å²) in [4.78, 5) is 13.7. The molecule has 0 radical (unpaired) electrons. The topological polar surface area (TPSA) is 132 Å². The molecule has 25 heavy (non-hydrogen) atoms. The van der Waals surface area contributed by atoms with Crippen LogP contribution in [0.25, 0.3) is 11.1 Å². The lowest BCUT2D eigenvalue weighted by molar-refractivity contribution is -0.0351. The summed E-state index contributed by atoms with van der Waals surface area (Å²) >= 11 is 0. The molecule has 2 heterocycles. The first-order valence-corrected chi connectivity index (χ1v) is 7.37. The Morgan fingerprint density at radius 3 is 2.76 bits per heavy atom. The highest BCUT2D eigenvalue weighted by Crippen LogP contribution is 2.27. The number of nitriles is 1. The molecule has 0 aliphatic heterocycles. The van der Waals surface area contributed by atoms with Crippen molar-refractivity contribution >= 4 is 5.95 Å². The number of nitrogen functional groups attached to an aromatic ring is 1.